The Morgan fingerprint density at radius 2 is 2.11 bits per heavy atom. The summed E-state index contributed by atoms with van der Waals surface area (Å²) in [4.78, 5) is 17.3. The van der Waals surface area contributed by atoms with Crippen LogP contribution in [0.1, 0.15) is 40.2 Å². The maximum atomic E-state index is 13.0. The summed E-state index contributed by atoms with van der Waals surface area (Å²) >= 11 is 0. The zero-order valence-corrected chi connectivity index (χ0v) is 15.6. The number of hydrogen-bond acceptors (Lipinski definition) is 4. The number of carbonyl (C=O) groups is 1. The molecule has 1 saturated carbocycles. The first-order chi connectivity index (χ1) is 13.0. The molecule has 27 heavy (non-hydrogen) atoms. The van der Waals surface area contributed by atoms with Gasteiger partial charge in [-0.05, 0) is 56.4 Å². The number of amides is 1. The summed E-state index contributed by atoms with van der Waals surface area (Å²) in [5.74, 6) is 0.406. The predicted octanol–water partition coefficient (Wildman–Crippen LogP) is 3.56. The van der Waals surface area contributed by atoms with Crippen LogP contribution in [0.15, 0.2) is 47.0 Å². The lowest BCUT2D eigenvalue weighted by atomic mass is 9.76. The van der Waals surface area contributed by atoms with Gasteiger partial charge in [0.1, 0.15) is 5.58 Å². The molecule has 5 nitrogen and oxygen atoms in total. The molecule has 0 saturated heterocycles. The fourth-order valence-corrected chi connectivity index (χ4v) is 3.82. The van der Waals surface area contributed by atoms with Gasteiger partial charge in [0.2, 0.25) is 0 Å². The number of benzene rings is 1. The minimum Gasteiger partial charge on any atom is -0.451 e. The summed E-state index contributed by atoms with van der Waals surface area (Å²) in [6, 6.07) is 11.7. The molecule has 0 spiro atoms. The van der Waals surface area contributed by atoms with Gasteiger partial charge in [-0.25, -0.2) is 0 Å². The first kappa shape index (κ1) is 17.7. The van der Waals surface area contributed by atoms with Crippen molar-refractivity contribution >= 4 is 16.9 Å². The van der Waals surface area contributed by atoms with Crippen LogP contribution in [0, 0.1) is 19.8 Å². The van der Waals surface area contributed by atoms with Gasteiger partial charge in [0.25, 0.3) is 5.91 Å². The number of rotatable bonds is 5. The third-order valence-corrected chi connectivity index (χ3v) is 5.49. The SMILES string of the molecule is Cc1ccc2c(C)c(C(=O)N[C@@H](Cc3ccccn3)C3CC(O)C3)oc2c1. The number of pyridine rings is 1. The molecular formula is C22H24N2O3. The van der Waals surface area contributed by atoms with E-state index in [2.05, 4.69) is 10.3 Å². The molecular weight excluding hydrogens is 340 g/mol. The van der Waals surface area contributed by atoms with Crippen molar-refractivity contribution in [2.45, 2.75) is 45.3 Å². The number of fused-ring (bicyclic) bond motifs is 1. The van der Waals surface area contributed by atoms with Crippen molar-refractivity contribution in [3.63, 3.8) is 0 Å². The van der Waals surface area contributed by atoms with Crippen LogP contribution in [0.25, 0.3) is 11.0 Å². The first-order valence-corrected chi connectivity index (χ1v) is 9.40. The van der Waals surface area contributed by atoms with Crippen LogP contribution in [0.5, 0.6) is 0 Å². The third kappa shape index (κ3) is 3.60. The highest BCUT2D eigenvalue weighted by atomic mass is 16.3. The molecule has 5 heteroatoms. The van der Waals surface area contributed by atoms with E-state index >= 15 is 0 Å². The van der Waals surface area contributed by atoms with E-state index < -0.39 is 0 Å². The van der Waals surface area contributed by atoms with E-state index in [-0.39, 0.29) is 24.0 Å². The zero-order valence-electron chi connectivity index (χ0n) is 15.6. The van der Waals surface area contributed by atoms with Crippen molar-refractivity contribution in [3.05, 3.63) is 65.2 Å². The van der Waals surface area contributed by atoms with Crippen molar-refractivity contribution < 1.29 is 14.3 Å². The Labute approximate surface area is 158 Å². The van der Waals surface area contributed by atoms with Crippen LogP contribution in [0.2, 0.25) is 0 Å². The molecule has 140 valence electrons. The number of aryl methyl sites for hydroxylation is 2. The minimum atomic E-state index is -0.269. The zero-order chi connectivity index (χ0) is 19.0. The van der Waals surface area contributed by atoms with Crippen LogP contribution in [-0.2, 0) is 6.42 Å². The predicted molar refractivity (Wildman–Crippen MR) is 104 cm³/mol. The van der Waals surface area contributed by atoms with Crippen molar-refractivity contribution in [1.29, 1.82) is 0 Å². The molecule has 1 fully saturated rings. The maximum Gasteiger partial charge on any atom is 0.287 e. The Morgan fingerprint density at radius 3 is 2.81 bits per heavy atom. The molecule has 1 amide bonds. The van der Waals surface area contributed by atoms with E-state index in [1.807, 2.05) is 50.2 Å². The molecule has 2 heterocycles. The highest BCUT2D eigenvalue weighted by Crippen LogP contribution is 2.32. The van der Waals surface area contributed by atoms with Gasteiger partial charge < -0.3 is 14.8 Å². The van der Waals surface area contributed by atoms with E-state index in [1.165, 1.54) is 0 Å². The van der Waals surface area contributed by atoms with Gasteiger partial charge in [-0.2, -0.15) is 0 Å². The maximum absolute atomic E-state index is 13.0. The van der Waals surface area contributed by atoms with Gasteiger partial charge in [-0.3, -0.25) is 9.78 Å². The van der Waals surface area contributed by atoms with Crippen LogP contribution >= 0.6 is 0 Å². The molecule has 0 radical (unpaired) electrons. The number of hydrogen-bond donors (Lipinski definition) is 2. The topological polar surface area (TPSA) is 75.4 Å². The van der Waals surface area contributed by atoms with Crippen LogP contribution < -0.4 is 5.32 Å². The second-order valence-electron chi connectivity index (χ2n) is 7.55. The Hall–Kier alpha value is -2.66. The highest BCUT2D eigenvalue weighted by Gasteiger charge is 2.35. The Kier molecular flexibility index (Phi) is 4.70. The van der Waals surface area contributed by atoms with Crippen molar-refractivity contribution in [3.8, 4) is 0 Å². The molecule has 4 rings (SSSR count). The fraction of sp³-hybridized carbons (Fsp3) is 0.364. The average Bonchev–Trinajstić information content (AvgIpc) is 2.95. The quantitative estimate of drug-likeness (QED) is 0.726. The van der Waals surface area contributed by atoms with Gasteiger partial charge >= 0.3 is 0 Å². The molecule has 3 aromatic rings. The number of carbonyl (C=O) groups excluding carboxylic acids is 1. The fourth-order valence-electron chi connectivity index (χ4n) is 3.82. The van der Waals surface area contributed by atoms with Crippen molar-refractivity contribution in [2.24, 2.45) is 5.92 Å². The minimum absolute atomic E-state index is 0.0786. The lowest BCUT2D eigenvalue weighted by Crippen LogP contribution is -2.48. The molecule has 0 unspecified atom stereocenters. The Bertz CT molecular complexity index is 958. The van der Waals surface area contributed by atoms with Gasteiger partial charge in [0.05, 0.1) is 6.10 Å². The number of nitrogens with zero attached hydrogens (tertiary/aromatic N) is 1. The van der Waals surface area contributed by atoms with Crippen LogP contribution in [0.4, 0.5) is 0 Å². The van der Waals surface area contributed by atoms with E-state index in [4.69, 9.17) is 4.42 Å². The molecule has 0 bridgehead atoms. The average molecular weight is 364 g/mol. The first-order valence-electron chi connectivity index (χ1n) is 9.40. The molecule has 2 aromatic heterocycles. The summed E-state index contributed by atoms with van der Waals surface area (Å²) in [7, 11) is 0. The monoisotopic (exact) mass is 364 g/mol. The van der Waals surface area contributed by atoms with E-state index in [0.29, 0.717) is 25.0 Å². The third-order valence-electron chi connectivity index (χ3n) is 5.49. The molecule has 0 aliphatic heterocycles. The Balaban J connectivity index is 1.57. The van der Waals surface area contributed by atoms with Gasteiger partial charge in [0, 0.05) is 35.3 Å². The van der Waals surface area contributed by atoms with E-state index in [9.17, 15) is 9.90 Å². The number of furan rings is 1. The number of nitrogens with one attached hydrogen (secondary N) is 1. The highest BCUT2D eigenvalue weighted by molar-refractivity contribution is 5.99. The van der Waals surface area contributed by atoms with Crippen molar-refractivity contribution in [2.75, 3.05) is 0 Å². The Morgan fingerprint density at radius 1 is 1.30 bits per heavy atom. The molecule has 1 aliphatic carbocycles. The standard InChI is InChI=1S/C22H24N2O3/c1-13-6-7-18-14(2)21(27-20(18)9-13)22(26)24-19(15-10-17(25)11-15)12-16-5-3-4-8-23-16/h3-9,15,17,19,25H,10-12H2,1-2H3,(H,24,26)/t15?,17?,19-/m0/s1. The number of aromatic nitrogens is 1. The molecule has 1 atom stereocenters. The van der Waals surface area contributed by atoms with Gasteiger partial charge in [-0.15, -0.1) is 0 Å². The van der Waals surface area contributed by atoms with Crippen molar-refractivity contribution in [1.82, 2.24) is 10.3 Å². The largest absolute Gasteiger partial charge is 0.451 e. The number of aliphatic hydroxyl groups is 1. The summed E-state index contributed by atoms with van der Waals surface area (Å²) < 4.78 is 5.87. The van der Waals surface area contributed by atoms with E-state index in [0.717, 1.165) is 27.8 Å². The second-order valence-corrected chi connectivity index (χ2v) is 7.55. The summed E-state index contributed by atoms with van der Waals surface area (Å²) in [5, 5.41) is 13.8. The van der Waals surface area contributed by atoms with Gasteiger partial charge in [-0.1, -0.05) is 18.2 Å². The lowest BCUT2D eigenvalue weighted by Gasteiger charge is -2.37. The number of aliphatic hydroxyl groups excluding tert-OH is 1. The molecule has 1 aliphatic rings. The normalized spacial score (nSPS) is 20.3. The lowest BCUT2D eigenvalue weighted by molar-refractivity contribution is 0.0235. The smallest absolute Gasteiger partial charge is 0.287 e. The van der Waals surface area contributed by atoms with E-state index in [1.54, 1.807) is 6.20 Å². The molecule has 1 aromatic carbocycles. The molecule has 2 N–H and O–H groups in total. The summed E-state index contributed by atoms with van der Waals surface area (Å²) in [6.07, 6.45) is 3.54. The van der Waals surface area contributed by atoms with Crippen LogP contribution in [-0.4, -0.2) is 28.1 Å². The van der Waals surface area contributed by atoms with Gasteiger partial charge in [0.15, 0.2) is 5.76 Å². The summed E-state index contributed by atoms with van der Waals surface area (Å²) in [5.41, 5.74) is 3.62. The van der Waals surface area contributed by atoms with Crippen LogP contribution in [0.3, 0.4) is 0 Å². The summed E-state index contributed by atoms with van der Waals surface area (Å²) in [6.45, 7) is 3.92. The second kappa shape index (κ2) is 7.16.